The second-order valence-electron chi connectivity index (χ2n) is 4.78. The van der Waals surface area contributed by atoms with Crippen molar-refractivity contribution in [2.45, 2.75) is 32.7 Å². The molecule has 2 heterocycles. The van der Waals surface area contributed by atoms with Gasteiger partial charge in [-0.3, -0.25) is 9.78 Å². The summed E-state index contributed by atoms with van der Waals surface area (Å²) >= 11 is 0. The molecule has 0 aliphatic carbocycles. The number of carbonyl (C=O) groups is 1. The number of rotatable bonds is 3. The summed E-state index contributed by atoms with van der Waals surface area (Å²) in [6.07, 6.45) is 3.91. The molecule has 0 saturated carbocycles. The lowest BCUT2D eigenvalue weighted by atomic mass is 10.0. The van der Waals surface area contributed by atoms with Crippen molar-refractivity contribution < 1.29 is 4.79 Å². The summed E-state index contributed by atoms with van der Waals surface area (Å²) < 4.78 is 0. The number of amides is 1. The van der Waals surface area contributed by atoms with Crippen LogP contribution in [0.25, 0.3) is 0 Å². The largest absolute Gasteiger partial charge is 0.335 e. The zero-order valence-corrected chi connectivity index (χ0v) is 11.1. The van der Waals surface area contributed by atoms with Gasteiger partial charge in [-0.2, -0.15) is 0 Å². The molecule has 0 bridgehead atoms. The number of aromatic nitrogens is 1. The van der Waals surface area contributed by atoms with Crippen LogP contribution in [-0.4, -0.2) is 41.5 Å². The predicted molar refractivity (Wildman–Crippen MR) is 71.6 cm³/mol. The lowest BCUT2D eigenvalue weighted by molar-refractivity contribution is 0.0661. The summed E-state index contributed by atoms with van der Waals surface area (Å²) in [7, 11) is 0. The maximum absolute atomic E-state index is 12.4. The van der Waals surface area contributed by atoms with Gasteiger partial charge in [-0.05, 0) is 45.4 Å². The van der Waals surface area contributed by atoms with Crippen molar-refractivity contribution in [3.05, 3.63) is 29.6 Å². The van der Waals surface area contributed by atoms with Gasteiger partial charge in [0, 0.05) is 31.0 Å². The predicted octanol–water partition coefficient (Wildman–Crippen LogP) is 1.60. The molecule has 1 atom stereocenters. The van der Waals surface area contributed by atoms with Crippen LogP contribution in [0.4, 0.5) is 0 Å². The third-order valence-electron chi connectivity index (χ3n) is 3.47. The number of piperidine rings is 1. The molecule has 0 spiro atoms. The Bertz CT molecular complexity index is 396. The van der Waals surface area contributed by atoms with E-state index >= 15 is 0 Å². The molecular weight excluding hydrogens is 226 g/mol. The average Bonchev–Trinajstić information content (AvgIpc) is 2.41. The Kier molecular flexibility index (Phi) is 4.31. The molecule has 1 aromatic heterocycles. The van der Waals surface area contributed by atoms with Crippen LogP contribution >= 0.6 is 0 Å². The summed E-state index contributed by atoms with van der Waals surface area (Å²) in [5, 5.41) is 3.36. The smallest absolute Gasteiger partial charge is 0.255 e. The monoisotopic (exact) mass is 247 g/mol. The summed E-state index contributed by atoms with van der Waals surface area (Å²) in [5.41, 5.74) is 1.63. The normalized spacial score (nSPS) is 19.6. The Hall–Kier alpha value is -1.42. The SMILES string of the molecule is CCN(C(=O)c1ccc(C)nc1)C1CCCNC1. The molecule has 0 radical (unpaired) electrons. The average molecular weight is 247 g/mol. The molecule has 1 N–H and O–H groups in total. The van der Waals surface area contributed by atoms with E-state index < -0.39 is 0 Å². The van der Waals surface area contributed by atoms with Crippen molar-refractivity contribution in [1.82, 2.24) is 15.2 Å². The molecule has 1 unspecified atom stereocenters. The molecule has 18 heavy (non-hydrogen) atoms. The van der Waals surface area contributed by atoms with Crippen LogP contribution in [0.2, 0.25) is 0 Å². The zero-order valence-electron chi connectivity index (χ0n) is 11.1. The number of nitrogens with one attached hydrogen (secondary N) is 1. The third-order valence-corrected chi connectivity index (χ3v) is 3.47. The first-order valence-corrected chi connectivity index (χ1v) is 6.66. The zero-order chi connectivity index (χ0) is 13.0. The second kappa shape index (κ2) is 5.96. The summed E-state index contributed by atoms with van der Waals surface area (Å²) in [5.74, 6) is 0.0960. The first-order valence-electron chi connectivity index (χ1n) is 6.66. The topological polar surface area (TPSA) is 45.2 Å². The third kappa shape index (κ3) is 2.88. The van der Waals surface area contributed by atoms with E-state index in [2.05, 4.69) is 10.3 Å². The van der Waals surface area contributed by atoms with E-state index in [-0.39, 0.29) is 5.91 Å². The first kappa shape index (κ1) is 13.0. The molecule has 98 valence electrons. The Morgan fingerprint density at radius 3 is 2.94 bits per heavy atom. The Morgan fingerprint density at radius 2 is 2.39 bits per heavy atom. The number of likely N-dealkylation sites (N-methyl/N-ethyl adjacent to an activating group) is 1. The van der Waals surface area contributed by atoms with E-state index in [1.54, 1.807) is 6.20 Å². The first-order chi connectivity index (χ1) is 8.72. The number of carbonyl (C=O) groups excluding carboxylic acids is 1. The molecular formula is C14H21N3O. The minimum Gasteiger partial charge on any atom is -0.335 e. The molecule has 1 fully saturated rings. The summed E-state index contributed by atoms with van der Waals surface area (Å²) in [6, 6.07) is 4.07. The van der Waals surface area contributed by atoms with Crippen LogP contribution in [0.5, 0.6) is 0 Å². The number of aryl methyl sites for hydroxylation is 1. The quantitative estimate of drug-likeness (QED) is 0.882. The van der Waals surface area contributed by atoms with Crippen molar-refractivity contribution in [1.29, 1.82) is 0 Å². The van der Waals surface area contributed by atoms with Gasteiger partial charge >= 0.3 is 0 Å². The van der Waals surface area contributed by atoms with Crippen molar-refractivity contribution in [3.63, 3.8) is 0 Å². The maximum Gasteiger partial charge on any atom is 0.255 e. The fourth-order valence-electron chi connectivity index (χ4n) is 2.43. The molecule has 0 aromatic carbocycles. The van der Waals surface area contributed by atoms with Gasteiger partial charge in [0.1, 0.15) is 0 Å². The van der Waals surface area contributed by atoms with Crippen LogP contribution in [-0.2, 0) is 0 Å². The lowest BCUT2D eigenvalue weighted by Crippen LogP contribution is -2.48. The maximum atomic E-state index is 12.4. The minimum absolute atomic E-state index is 0.0960. The standard InChI is InChI=1S/C14H21N3O/c1-3-17(13-5-4-8-15-10-13)14(18)12-7-6-11(2)16-9-12/h6-7,9,13,15H,3-5,8,10H2,1-2H3. The van der Waals surface area contributed by atoms with E-state index in [0.29, 0.717) is 11.6 Å². The van der Waals surface area contributed by atoms with Gasteiger partial charge in [0.05, 0.1) is 5.56 Å². The highest BCUT2D eigenvalue weighted by atomic mass is 16.2. The van der Waals surface area contributed by atoms with E-state index in [4.69, 9.17) is 0 Å². The number of hydrogen-bond donors (Lipinski definition) is 1. The highest BCUT2D eigenvalue weighted by molar-refractivity contribution is 5.94. The summed E-state index contributed by atoms with van der Waals surface area (Å²) in [4.78, 5) is 18.6. The fourth-order valence-corrected chi connectivity index (χ4v) is 2.43. The van der Waals surface area contributed by atoms with Crippen LogP contribution in [0.1, 0.15) is 35.8 Å². The van der Waals surface area contributed by atoms with E-state index in [1.165, 1.54) is 0 Å². The molecule has 4 nitrogen and oxygen atoms in total. The van der Waals surface area contributed by atoms with E-state index in [0.717, 1.165) is 38.2 Å². The number of pyridine rings is 1. The van der Waals surface area contributed by atoms with E-state index in [9.17, 15) is 4.79 Å². The lowest BCUT2D eigenvalue weighted by Gasteiger charge is -2.34. The molecule has 1 saturated heterocycles. The van der Waals surface area contributed by atoms with Crippen molar-refractivity contribution >= 4 is 5.91 Å². The number of nitrogens with zero attached hydrogens (tertiary/aromatic N) is 2. The molecule has 2 rings (SSSR count). The van der Waals surface area contributed by atoms with Crippen molar-refractivity contribution in [2.24, 2.45) is 0 Å². The molecule has 1 aliphatic rings. The van der Waals surface area contributed by atoms with Crippen molar-refractivity contribution in [3.8, 4) is 0 Å². The van der Waals surface area contributed by atoms with Gasteiger partial charge in [0.25, 0.3) is 5.91 Å². The van der Waals surface area contributed by atoms with Gasteiger partial charge in [-0.25, -0.2) is 0 Å². The van der Waals surface area contributed by atoms with Gasteiger partial charge in [-0.1, -0.05) is 0 Å². The highest BCUT2D eigenvalue weighted by Gasteiger charge is 2.24. The van der Waals surface area contributed by atoms with E-state index in [1.807, 2.05) is 30.9 Å². The van der Waals surface area contributed by atoms with Gasteiger partial charge in [0.15, 0.2) is 0 Å². The Labute approximate surface area is 108 Å². The van der Waals surface area contributed by atoms with Crippen molar-refractivity contribution in [2.75, 3.05) is 19.6 Å². The molecule has 1 aromatic rings. The molecule has 1 aliphatic heterocycles. The van der Waals surface area contributed by atoms with Gasteiger partial charge in [-0.15, -0.1) is 0 Å². The van der Waals surface area contributed by atoms with Crippen LogP contribution < -0.4 is 5.32 Å². The molecule has 4 heteroatoms. The van der Waals surface area contributed by atoms with Crippen LogP contribution in [0, 0.1) is 6.92 Å². The number of hydrogen-bond acceptors (Lipinski definition) is 3. The highest BCUT2D eigenvalue weighted by Crippen LogP contribution is 2.14. The minimum atomic E-state index is 0.0960. The van der Waals surface area contributed by atoms with Crippen LogP contribution in [0.15, 0.2) is 18.3 Å². The second-order valence-corrected chi connectivity index (χ2v) is 4.78. The molecule has 1 amide bonds. The van der Waals surface area contributed by atoms with Gasteiger partial charge in [0.2, 0.25) is 0 Å². The Balaban J connectivity index is 2.11. The van der Waals surface area contributed by atoms with Gasteiger partial charge < -0.3 is 10.2 Å². The van der Waals surface area contributed by atoms with Crippen LogP contribution in [0.3, 0.4) is 0 Å². The fraction of sp³-hybridized carbons (Fsp3) is 0.571. The Morgan fingerprint density at radius 1 is 1.56 bits per heavy atom. The summed E-state index contributed by atoms with van der Waals surface area (Å²) in [6.45, 7) is 6.68.